The maximum Gasteiger partial charge on any atom is 0.0666 e. The Labute approximate surface area is 110 Å². The fourth-order valence-corrected chi connectivity index (χ4v) is 4.07. The van der Waals surface area contributed by atoms with Crippen molar-refractivity contribution < 1.29 is 4.74 Å². The molecule has 3 unspecified atom stereocenters. The van der Waals surface area contributed by atoms with Gasteiger partial charge in [-0.1, -0.05) is 13.3 Å². The van der Waals surface area contributed by atoms with E-state index in [4.69, 9.17) is 4.74 Å². The normalized spacial score (nSPS) is 39.2. The minimum Gasteiger partial charge on any atom is -0.375 e. The van der Waals surface area contributed by atoms with Gasteiger partial charge in [0.05, 0.1) is 5.60 Å². The molecule has 0 bridgehead atoms. The molecule has 2 nitrogen and oxygen atoms in total. The van der Waals surface area contributed by atoms with Gasteiger partial charge in [0.2, 0.25) is 0 Å². The van der Waals surface area contributed by atoms with Crippen LogP contribution in [0.2, 0.25) is 0 Å². The summed E-state index contributed by atoms with van der Waals surface area (Å²) < 4.78 is 5.89. The second kappa shape index (κ2) is 6.44. The van der Waals surface area contributed by atoms with Crippen LogP contribution < -0.4 is 5.32 Å². The Morgan fingerprint density at radius 3 is 2.94 bits per heavy atom. The molecule has 0 aromatic heterocycles. The lowest BCUT2D eigenvalue weighted by Crippen LogP contribution is -2.46. The molecule has 3 atom stereocenters. The molecule has 2 fully saturated rings. The quantitative estimate of drug-likeness (QED) is 0.835. The lowest BCUT2D eigenvalue weighted by atomic mass is 9.90. The predicted molar refractivity (Wildman–Crippen MR) is 75.8 cm³/mol. The molecule has 0 aliphatic carbocycles. The zero-order chi connectivity index (χ0) is 12.1. The minimum atomic E-state index is 0.121. The summed E-state index contributed by atoms with van der Waals surface area (Å²) in [6.07, 6.45) is 7.76. The molecule has 0 aromatic carbocycles. The van der Waals surface area contributed by atoms with Crippen molar-refractivity contribution in [3.05, 3.63) is 0 Å². The van der Waals surface area contributed by atoms with Gasteiger partial charge < -0.3 is 10.1 Å². The molecule has 0 spiro atoms. The standard InChI is InChI=1S/C14H27NOS/c1-3-14(2)10-12(7-8-16-14)15-11-13-6-4-5-9-17-13/h12-13,15H,3-11H2,1-2H3. The van der Waals surface area contributed by atoms with Gasteiger partial charge in [0, 0.05) is 24.4 Å². The molecule has 1 N–H and O–H groups in total. The van der Waals surface area contributed by atoms with Gasteiger partial charge in [0.15, 0.2) is 0 Å². The van der Waals surface area contributed by atoms with E-state index in [1.165, 1.54) is 44.4 Å². The van der Waals surface area contributed by atoms with E-state index >= 15 is 0 Å². The summed E-state index contributed by atoms with van der Waals surface area (Å²) in [6, 6.07) is 0.677. The van der Waals surface area contributed by atoms with E-state index in [-0.39, 0.29) is 5.60 Å². The average molecular weight is 257 g/mol. The average Bonchev–Trinajstić information content (AvgIpc) is 2.38. The Bertz CT molecular complexity index is 230. The predicted octanol–water partition coefficient (Wildman–Crippen LogP) is 3.21. The van der Waals surface area contributed by atoms with Crippen LogP contribution in [0.5, 0.6) is 0 Å². The lowest BCUT2D eigenvalue weighted by molar-refractivity contribution is -0.0778. The molecule has 100 valence electrons. The van der Waals surface area contributed by atoms with Crippen LogP contribution in [0.25, 0.3) is 0 Å². The first-order chi connectivity index (χ1) is 8.22. The van der Waals surface area contributed by atoms with Gasteiger partial charge in [0.25, 0.3) is 0 Å². The van der Waals surface area contributed by atoms with E-state index in [9.17, 15) is 0 Å². The Hall–Kier alpha value is 0.270. The van der Waals surface area contributed by atoms with Crippen molar-refractivity contribution in [2.24, 2.45) is 0 Å². The first kappa shape index (κ1) is 13.7. The molecule has 2 aliphatic heterocycles. The zero-order valence-corrected chi connectivity index (χ0v) is 12.2. The molecule has 0 amide bonds. The van der Waals surface area contributed by atoms with Crippen LogP contribution in [-0.4, -0.2) is 35.8 Å². The van der Waals surface area contributed by atoms with Gasteiger partial charge in [-0.3, -0.25) is 0 Å². The van der Waals surface area contributed by atoms with Crippen molar-refractivity contribution in [2.75, 3.05) is 18.9 Å². The molecule has 2 heterocycles. The fraction of sp³-hybridized carbons (Fsp3) is 1.00. The molecule has 2 saturated heterocycles. The maximum absolute atomic E-state index is 5.89. The highest BCUT2D eigenvalue weighted by Crippen LogP contribution is 2.29. The van der Waals surface area contributed by atoms with Gasteiger partial charge in [-0.05, 0) is 44.8 Å². The van der Waals surface area contributed by atoms with Crippen LogP contribution in [0.3, 0.4) is 0 Å². The number of hydrogen-bond donors (Lipinski definition) is 1. The zero-order valence-electron chi connectivity index (χ0n) is 11.3. The van der Waals surface area contributed by atoms with Gasteiger partial charge in [-0.25, -0.2) is 0 Å². The van der Waals surface area contributed by atoms with Crippen molar-refractivity contribution in [2.45, 2.75) is 69.3 Å². The topological polar surface area (TPSA) is 21.3 Å². The molecule has 0 aromatic rings. The maximum atomic E-state index is 5.89. The summed E-state index contributed by atoms with van der Waals surface area (Å²) in [5.74, 6) is 1.37. The van der Waals surface area contributed by atoms with Crippen molar-refractivity contribution in [3.8, 4) is 0 Å². The summed E-state index contributed by atoms with van der Waals surface area (Å²) >= 11 is 2.16. The van der Waals surface area contributed by atoms with Crippen LogP contribution in [0.4, 0.5) is 0 Å². The van der Waals surface area contributed by atoms with E-state index in [0.29, 0.717) is 6.04 Å². The summed E-state index contributed by atoms with van der Waals surface area (Å²) in [6.45, 7) is 6.63. The molecular weight excluding hydrogens is 230 g/mol. The summed E-state index contributed by atoms with van der Waals surface area (Å²) in [5, 5.41) is 4.64. The Morgan fingerprint density at radius 1 is 1.35 bits per heavy atom. The highest BCUT2D eigenvalue weighted by molar-refractivity contribution is 7.99. The monoisotopic (exact) mass is 257 g/mol. The van der Waals surface area contributed by atoms with Gasteiger partial charge in [0.1, 0.15) is 0 Å². The highest BCUT2D eigenvalue weighted by Gasteiger charge is 2.31. The number of thioether (sulfide) groups is 1. The largest absolute Gasteiger partial charge is 0.375 e. The molecule has 2 rings (SSSR count). The van der Waals surface area contributed by atoms with Crippen LogP contribution >= 0.6 is 11.8 Å². The van der Waals surface area contributed by atoms with Crippen molar-refractivity contribution in [3.63, 3.8) is 0 Å². The number of hydrogen-bond acceptors (Lipinski definition) is 3. The smallest absolute Gasteiger partial charge is 0.0666 e. The Kier molecular flexibility index (Phi) is 5.19. The third-order valence-electron chi connectivity index (χ3n) is 4.25. The van der Waals surface area contributed by atoms with Crippen LogP contribution in [-0.2, 0) is 4.74 Å². The fourth-order valence-electron chi connectivity index (χ4n) is 2.82. The Morgan fingerprint density at radius 2 is 2.24 bits per heavy atom. The Balaban J connectivity index is 1.71. The third-order valence-corrected chi connectivity index (χ3v) is 5.65. The third kappa shape index (κ3) is 4.15. The molecular formula is C14H27NOS. The number of rotatable bonds is 4. The molecule has 3 heteroatoms. The van der Waals surface area contributed by atoms with E-state index in [1.54, 1.807) is 0 Å². The summed E-state index contributed by atoms with van der Waals surface area (Å²) in [7, 11) is 0. The minimum absolute atomic E-state index is 0.121. The van der Waals surface area contributed by atoms with Crippen LogP contribution in [0.15, 0.2) is 0 Å². The number of nitrogens with one attached hydrogen (secondary N) is 1. The highest BCUT2D eigenvalue weighted by atomic mass is 32.2. The number of ether oxygens (including phenoxy) is 1. The molecule has 2 aliphatic rings. The van der Waals surface area contributed by atoms with Crippen LogP contribution in [0.1, 0.15) is 52.4 Å². The van der Waals surface area contributed by atoms with Gasteiger partial charge in [-0.2, -0.15) is 11.8 Å². The first-order valence-corrected chi connectivity index (χ1v) is 8.26. The first-order valence-electron chi connectivity index (χ1n) is 7.21. The van der Waals surface area contributed by atoms with Crippen molar-refractivity contribution in [1.29, 1.82) is 0 Å². The SMILES string of the molecule is CCC1(C)CC(NCC2CCCCS2)CCO1. The molecule has 0 radical (unpaired) electrons. The van der Waals surface area contributed by atoms with Gasteiger partial charge >= 0.3 is 0 Å². The molecule has 17 heavy (non-hydrogen) atoms. The van der Waals surface area contributed by atoms with Crippen LogP contribution in [0, 0.1) is 0 Å². The second-order valence-electron chi connectivity index (χ2n) is 5.74. The molecule has 0 saturated carbocycles. The van der Waals surface area contributed by atoms with E-state index in [0.717, 1.165) is 18.3 Å². The van der Waals surface area contributed by atoms with E-state index in [2.05, 4.69) is 30.9 Å². The summed E-state index contributed by atoms with van der Waals surface area (Å²) in [4.78, 5) is 0. The van der Waals surface area contributed by atoms with Crippen molar-refractivity contribution in [1.82, 2.24) is 5.32 Å². The second-order valence-corrected chi connectivity index (χ2v) is 7.15. The van der Waals surface area contributed by atoms with E-state index in [1.807, 2.05) is 0 Å². The van der Waals surface area contributed by atoms with Gasteiger partial charge in [-0.15, -0.1) is 0 Å². The van der Waals surface area contributed by atoms with E-state index < -0.39 is 0 Å². The lowest BCUT2D eigenvalue weighted by Gasteiger charge is -2.38. The van der Waals surface area contributed by atoms with Crippen molar-refractivity contribution >= 4 is 11.8 Å². The summed E-state index contributed by atoms with van der Waals surface area (Å²) in [5.41, 5.74) is 0.121.